The van der Waals surface area contributed by atoms with Gasteiger partial charge < -0.3 is 10.2 Å². The summed E-state index contributed by atoms with van der Waals surface area (Å²) in [6, 6.07) is 9.48. The topological polar surface area (TPSA) is 15.3 Å². The number of anilines is 1. The highest BCUT2D eigenvalue weighted by Gasteiger charge is 2.31. The maximum absolute atomic E-state index is 3.63. The Bertz CT molecular complexity index is 372. The first-order valence-electron chi connectivity index (χ1n) is 6.29. The highest BCUT2D eigenvalue weighted by atomic mass is 127. The fourth-order valence-electron chi connectivity index (χ4n) is 2.41. The molecule has 1 unspecified atom stereocenters. The Hall–Kier alpha value is -0.290. The summed E-state index contributed by atoms with van der Waals surface area (Å²) in [4.78, 5) is 2.55. The molecule has 1 fully saturated rings. The van der Waals surface area contributed by atoms with Crippen molar-refractivity contribution in [2.24, 2.45) is 0 Å². The predicted octanol–water partition coefficient (Wildman–Crippen LogP) is 3.26. The fraction of sp³-hybridized carbons (Fsp3) is 0.571. The van der Waals surface area contributed by atoms with Crippen LogP contribution in [0.4, 0.5) is 5.69 Å². The first kappa shape index (κ1) is 13.1. The predicted molar refractivity (Wildman–Crippen MR) is 82.7 cm³/mol. The third-order valence-corrected chi connectivity index (χ3v) is 4.17. The van der Waals surface area contributed by atoms with E-state index in [0.29, 0.717) is 6.04 Å². The van der Waals surface area contributed by atoms with Crippen molar-refractivity contribution in [3.8, 4) is 0 Å². The van der Waals surface area contributed by atoms with Crippen LogP contribution in [0, 0.1) is 3.57 Å². The molecule has 1 atom stereocenters. The lowest BCUT2D eigenvalue weighted by molar-refractivity contribution is 0.306. The fourth-order valence-corrected chi connectivity index (χ4v) is 2.77. The minimum absolute atomic E-state index is 0.203. The van der Waals surface area contributed by atoms with Gasteiger partial charge in [0.15, 0.2) is 0 Å². The lowest BCUT2D eigenvalue weighted by atomic mass is 9.97. The normalized spacial score (nSPS) is 23.8. The molecule has 2 rings (SSSR count). The number of nitrogens with one attached hydrogen (secondary N) is 1. The van der Waals surface area contributed by atoms with Crippen molar-refractivity contribution in [1.82, 2.24) is 5.32 Å². The number of nitrogens with zero attached hydrogens (tertiary/aromatic N) is 1. The molecule has 1 N–H and O–H groups in total. The molecule has 17 heavy (non-hydrogen) atoms. The molecule has 3 heteroatoms. The largest absolute Gasteiger partial charge is 0.365 e. The smallest absolute Gasteiger partial charge is 0.0412 e. The molecule has 0 aliphatic carbocycles. The molecule has 1 heterocycles. The zero-order valence-corrected chi connectivity index (χ0v) is 13.0. The van der Waals surface area contributed by atoms with E-state index in [1.807, 2.05) is 0 Å². The SMILES string of the molecule is CCC1CNC(C)(C)CN1c1ccc(I)cc1. The molecular formula is C14H21IN2. The van der Waals surface area contributed by atoms with E-state index in [4.69, 9.17) is 0 Å². The van der Waals surface area contributed by atoms with Crippen molar-refractivity contribution in [3.05, 3.63) is 27.8 Å². The standard InChI is InChI=1S/C14H21IN2/c1-4-12-9-16-14(2,3)10-17(12)13-7-5-11(15)6-8-13/h5-8,12,16H,4,9-10H2,1-3H3. The van der Waals surface area contributed by atoms with Crippen LogP contribution in [0.1, 0.15) is 27.2 Å². The number of piperazine rings is 1. The van der Waals surface area contributed by atoms with Gasteiger partial charge in [0.2, 0.25) is 0 Å². The molecule has 1 aliphatic rings. The second kappa shape index (κ2) is 5.14. The van der Waals surface area contributed by atoms with E-state index in [1.165, 1.54) is 15.7 Å². The van der Waals surface area contributed by atoms with Crippen LogP contribution in [0.3, 0.4) is 0 Å². The maximum atomic E-state index is 3.63. The van der Waals surface area contributed by atoms with Gasteiger partial charge in [0.05, 0.1) is 0 Å². The molecule has 0 spiro atoms. The Morgan fingerprint density at radius 1 is 1.35 bits per heavy atom. The van der Waals surface area contributed by atoms with E-state index >= 15 is 0 Å². The Balaban J connectivity index is 2.23. The van der Waals surface area contributed by atoms with Crippen molar-refractivity contribution in [3.63, 3.8) is 0 Å². The van der Waals surface area contributed by atoms with Gasteiger partial charge in [-0.3, -0.25) is 0 Å². The summed E-state index contributed by atoms with van der Waals surface area (Å²) in [5.74, 6) is 0. The third-order valence-electron chi connectivity index (χ3n) is 3.45. The Kier molecular flexibility index (Phi) is 3.98. The number of halogens is 1. The Morgan fingerprint density at radius 2 is 2.00 bits per heavy atom. The molecule has 1 aliphatic heterocycles. The van der Waals surface area contributed by atoms with Gasteiger partial charge in [-0.15, -0.1) is 0 Å². The van der Waals surface area contributed by atoms with Crippen LogP contribution in [0.2, 0.25) is 0 Å². The van der Waals surface area contributed by atoms with Gasteiger partial charge in [-0.1, -0.05) is 6.92 Å². The van der Waals surface area contributed by atoms with Crippen molar-refractivity contribution < 1.29 is 0 Å². The minimum atomic E-state index is 0.203. The molecule has 0 amide bonds. The van der Waals surface area contributed by atoms with Crippen LogP contribution < -0.4 is 10.2 Å². The van der Waals surface area contributed by atoms with Crippen molar-refractivity contribution in [1.29, 1.82) is 0 Å². The average Bonchev–Trinajstić information content (AvgIpc) is 2.29. The Labute approximate surface area is 118 Å². The zero-order valence-electron chi connectivity index (χ0n) is 10.8. The van der Waals surface area contributed by atoms with Crippen LogP contribution in [-0.4, -0.2) is 24.7 Å². The first-order valence-corrected chi connectivity index (χ1v) is 7.37. The summed E-state index contributed by atoms with van der Waals surface area (Å²) in [5.41, 5.74) is 1.56. The quantitative estimate of drug-likeness (QED) is 0.829. The summed E-state index contributed by atoms with van der Waals surface area (Å²) < 4.78 is 1.30. The maximum Gasteiger partial charge on any atom is 0.0412 e. The Morgan fingerprint density at radius 3 is 2.59 bits per heavy atom. The van der Waals surface area contributed by atoms with Crippen molar-refractivity contribution in [2.45, 2.75) is 38.8 Å². The van der Waals surface area contributed by atoms with E-state index in [1.54, 1.807) is 0 Å². The van der Waals surface area contributed by atoms with E-state index in [-0.39, 0.29) is 5.54 Å². The lowest BCUT2D eigenvalue weighted by Crippen LogP contribution is -2.61. The second-order valence-electron chi connectivity index (χ2n) is 5.43. The van der Waals surface area contributed by atoms with Crippen LogP contribution >= 0.6 is 22.6 Å². The van der Waals surface area contributed by atoms with Crippen molar-refractivity contribution >= 4 is 28.3 Å². The number of benzene rings is 1. The average molecular weight is 344 g/mol. The van der Waals surface area contributed by atoms with Gasteiger partial charge in [-0.05, 0) is 67.1 Å². The summed E-state index contributed by atoms with van der Waals surface area (Å²) in [5, 5.41) is 3.63. The highest BCUT2D eigenvalue weighted by molar-refractivity contribution is 14.1. The van der Waals surface area contributed by atoms with Gasteiger partial charge in [0, 0.05) is 33.9 Å². The van der Waals surface area contributed by atoms with Gasteiger partial charge in [-0.25, -0.2) is 0 Å². The van der Waals surface area contributed by atoms with Crippen LogP contribution in [-0.2, 0) is 0 Å². The third kappa shape index (κ3) is 3.13. The minimum Gasteiger partial charge on any atom is -0.365 e. The molecular weight excluding hydrogens is 323 g/mol. The van der Waals surface area contributed by atoms with Gasteiger partial charge in [0.25, 0.3) is 0 Å². The molecule has 2 nitrogen and oxygen atoms in total. The molecule has 1 aromatic rings. The summed E-state index contributed by atoms with van der Waals surface area (Å²) >= 11 is 2.36. The number of rotatable bonds is 2. The lowest BCUT2D eigenvalue weighted by Gasteiger charge is -2.45. The molecule has 1 aromatic carbocycles. The van der Waals surface area contributed by atoms with Gasteiger partial charge in [-0.2, -0.15) is 0 Å². The monoisotopic (exact) mass is 344 g/mol. The van der Waals surface area contributed by atoms with Crippen LogP contribution in [0.15, 0.2) is 24.3 Å². The van der Waals surface area contributed by atoms with E-state index in [0.717, 1.165) is 13.1 Å². The number of hydrogen-bond acceptors (Lipinski definition) is 2. The molecule has 0 aromatic heterocycles. The van der Waals surface area contributed by atoms with E-state index in [2.05, 4.69) is 77.8 Å². The van der Waals surface area contributed by atoms with Crippen molar-refractivity contribution in [2.75, 3.05) is 18.0 Å². The van der Waals surface area contributed by atoms with Gasteiger partial charge in [0.1, 0.15) is 0 Å². The van der Waals surface area contributed by atoms with Gasteiger partial charge >= 0.3 is 0 Å². The van der Waals surface area contributed by atoms with Crippen LogP contribution in [0.5, 0.6) is 0 Å². The second-order valence-corrected chi connectivity index (χ2v) is 6.68. The first-order chi connectivity index (χ1) is 8.02. The highest BCUT2D eigenvalue weighted by Crippen LogP contribution is 2.25. The molecule has 0 saturated carbocycles. The number of hydrogen-bond donors (Lipinski definition) is 1. The molecule has 1 saturated heterocycles. The zero-order chi connectivity index (χ0) is 12.5. The van der Waals surface area contributed by atoms with E-state index < -0.39 is 0 Å². The molecule has 0 radical (unpaired) electrons. The van der Waals surface area contributed by atoms with Crippen LogP contribution in [0.25, 0.3) is 0 Å². The summed E-state index contributed by atoms with van der Waals surface area (Å²) in [6.07, 6.45) is 1.19. The molecule has 94 valence electrons. The molecule has 0 bridgehead atoms. The summed E-state index contributed by atoms with van der Waals surface area (Å²) in [7, 11) is 0. The summed E-state index contributed by atoms with van der Waals surface area (Å²) in [6.45, 7) is 8.98. The van der Waals surface area contributed by atoms with E-state index in [9.17, 15) is 0 Å².